The first-order chi connectivity index (χ1) is 12.6. The van der Waals surface area contributed by atoms with E-state index in [2.05, 4.69) is 9.97 Å². The first-order valence-electron chi connectivity index (χ1n) is 8.24. The van der Waals surface area contributed by atoms with Gasteiger partial charge in [0.05, 0.1) is 18.5 Å². The number of benzene rings is 2. The van der Waals surface area contributed by atoms with Gasteiger partial charge in [0.2, 0.25) is 0 Å². The molecule has 0 saturated heterocycles. The Kier molecular flexibility index (Phi) is 3.97. The van der Waals surface area contributed by atoms with Crippen LogP contribution in [0.2, 0.25) is 0 Å². The van der Waals surface area contributed by atoms with E-state index in [9.17, 15) is 5.11 Å². The molecule has 0 saturated carbocycles. The van der Waals surface area contributed by atoms with Crippen molar-refractivity contribution >= 4 is 0 Å². The number of nitrogens with zero attached hydrogens (tertiary/aromatic N) is 1. The Labute approximate surface area is 150 Å². The van der Waals surface area contributed by atoms with Crippen molar-refractivity contribution in [2.75, 3.05) is 7.11 Å². The summed E-state index contributed by atoms with van der Waals surface area (Å²) in [5.74, 6) is 3.15. The molecule has 2 N–H and O–H groups in total. The fraction of sp³-hybridized carbons (Fsp3) is 0.0952. The smallest absolute Gasteiger partial charge is 0.174 e. The second kappa shape index (κ2) is 6.44. The van der Waals surface area contributed by atoms with Crippen LogP contribution in [0.3, 0.4) is 0 Å². The summed E-state index contributed by atoms with van der Waals surface area (Å²) in [4.78, 5) is 7.89. The number of aromatic amines is 1. The maximum Gasteiger partial charge on any atom is 0.174 e. The number of ether oxygens (including phenoxy) is 1. The lowest BCUT2D eigenvalue weighted by Crippen LogP contribution is -1.81. The Balaban J connectivity index is 1.65. The van der Waals surface area contributed by atoms with E-state index in [1.165, 1.54) is 0 Å². The van der Waals surface area contributed by atoms with Crippen molar-refractivity contribution in [3.8, 4) is 45.7 Å². The van der Waals surface area contributed by atoms with Crippen LogP contribution in [-0.4, -0.2) is 22.2 Å². The molecule has 0 spiro atoms. The van der Waals surface area contributed by atoms with Crippen LogP contribution in [0.15, 0.2) is 65.1 Å². The van der Waals surface area contributed by atoms with E-state index in [0.717, 1.165) is 34.0 Å². The van der Waals surface area contributed by atoms with Crippen molar-refractivity contribution in [2.24, 2.45) is 0 Å². The van der Waals surface area contributed by atoms with Gasteiger partial charge in [-0.3, -0.25) is 0 Å². The third-order valence-corrected chi connectivity index (χ3v) is 4.25. The lowest BCUT2D eigenvalue weighted by atomic mass is 10.1. The predicted molar refractivity (Wildman–Crippen MR) is 100 cm³/mol. The van der Waals surface area contributed by atoms with Gasteiger partial charge in [-0.05, 0) is 67.6 Å². The molecular weight excluding hydrogens is 328 g/mol. The monoisotopic (exact) mass is 346 g/mol. The summed E-state index contributed by atoms with van der Waals surface area (Å²) in [6, 6.07) is 18.6. The van der Waals surface area contributed by atoms with Crippen LogP contribution in [0.4, 0.5) is 0 Å². The molecule has 2 aromatic heterocycles. The molecule has 0 fully saturated rings. The quantitative estimate of drug-likeness (QED) is 0.544. The number of aromatic hydroxyl groups is 1. The number of hydrogen-bond acceptors (Lipinski definition) is 4. The highest BCUT2D eigenvalue weighted by Crippen LogP contribution is 2.31. The minimum atomic E-state index is 0.237. The predicted octanol–water partition coefficient (Wildman–Crippen LogP) is 5.03. The van der Waals surface area contributed by atoms with Crippen molar-refractivity contribution in [3.63, 3.8) is 0 Å². The standard InChI is InChI=1S/C21H18N2O3/c1-13-20(15-3-7-16(24)8-4-15)23-21(22-13)19-12-11-18(26-19)14-5-9-17(25-2)10-6-14/h3-12,24H,1-2H3,(H,22,23). The maximum absolute atomic E-state index is 9.45. The molecule has 0 aliphatic heterocycles. The van der Waals surface area contributed by atoms with Crippen molar-refractivity contribution in [3.05, 3.63) is 66.4 Å². The Bertz CT molecular complexity index is 1030. The summed E-state index contributed by atoms with van der Waals surface area (Å²) in [5.41, 5.74) is 3.70. The van der Waals surface area contributed by atoms with Crippen molar-refractivity contribution in [1.82, 2.24) is 9.97 Å². The van der Waals surface area contributed by atoms with Gasteiger partial charge in [-0.25, -0.2) is 4.98 Å². The average molecular weight is 346 g/mol. The highest BCUT2D eigenvalue weighted by Gasteiger charge is 2.14. The topological polar surface area (TPSA) is 71.3 Å². The molecule has 4 aromatic rings. The highest BCUT2D eigenvalue weighted by molar-refractivity contribution is 5.68. The zero-order valence-electron chi connectivity index (χ0n) is 14.5. The third-order valence-electron chi connectivity index (χ3n) is 4.25. The summed E-state index contributed by atoms with van der Waals surface area (Å²) in [6.07, 6.45) is 0. The Morgan fingerprint density at radius 3 is 2.23 bits per heavy atom. The van der Waals surface area contributed by atoms with Gasteiger partial charge in [0, 0.05) is 11.1 Å². The van der Waals surface area contributed by atoms with Crippen LogP contribution < -0.4 is 4.74 Å². The molecule has 4 rings (SSSR count). The van der Waals surface area contributed by atoms with E-state index in [1.54, 1.807) is 19.2 Å². The van der Waals surface area contributed by atoms with E-state index in [0.29, 0.717) is 11.6 Å². The SMILES string of the molecule is COc1ccc(-c2ccc(-c3nc(C)c(-c4ccc(O)cc4)[nH]3)o2)cc1. The normalized spacial score (nSPS) is 10.8. The molecular formula is C21H18N2O3. The molecule has 2 aromatic carbocycles. The van der Waals surface area contributed by atoms with Gasteiger partial charge in [-0.1, -0.05) is 0 Å². The van der Waals surface area contributed by atoms with Gasteiger partial charge in [0.1, 0.15) is 17.3 Å². The molecule has 0 bridgehead atoms. The molecule has 0 aliphatic rings. The van der Waals surface area contributed by atoms with Gasteiger partial charge in [0.15, 0.2) is 11.6 Å². The van der Waals surface area contributed by atoms with Crippen LogP contribution in [0, 0.1) is 6.92 Å². The van der Waals surface area contributed by atoms with Gasteiger partial charge in [-0.15, -0.1) is 0 Å². The summed E-state index contributed by atoms with van der Waals surface area (Å²) < 4.78 is 11.2. The minimum Gasteiger partial charge on any atom is -0.508 e. The summed E-state index contributed by atoms with van der Waals surface area (Å²) >= 11 is 0. The van der Waals surface area contributed by atoms with Gasteiger partial charge < -0.3 is 19.2 Å². The van der Waals surface area contributed by atoms with E-state index in [-0.39, 0.29) is 5.75 Å². The van der Waals surface area contributed by atoms with Gasteiger partial charge in [-0.2, -0.15) is 0 Å². The number of rotatable bonds is 4. The average Bonchev–Trinajstić information content (AvgIpc) is 3.29. The Morgan fingerprint density at radius 1 is 0.885 bits per heavy atom. The van der Waals surface area contributed by atoms with E-state index < -0.39 is 0 Å². The maximum atomic E-state index is 9.45. The molecule has 5 nitrogen and oxygen atoms in total. The molecule has 2 heterocycles. The van der Waals surface area contributed by atoms with E-state index >= 15 is 0 Å². The van der Waals surface area contributed by atoms with Gasteiger partial charge in [0.25, 0.3) is 0 Å². The van der Waals surface area contributed by atoms with E-state index in [1.807, 2.05) is 55.5 Å². The molecule has 26 heavy (non-hydrogen) atoms. The fourth-order valence-corrected chi connectivity index (χ4v) is 2.86. The number of phenols is 1. The third kappa shape index (κ3) is 2.95. The molecule has 0 radical (unpaired) electrons. The number of aromatic nitrogens is 2. The lowest BCUT2D eigenvalue weighted by molar-refractivity contribution is 0.415. The van der Waals surface area contributed by atoms with Crippen LogP contribution >= 0.6 is 0 Å². The Morgan fingerprint density at radius 2 is 1.54 bits per heavy atom. The largest absolute Gasteiger partial charge is 0.508 e. The first kappa shape index (κ1) is 16.0. The Hall–Kier alpha value is -3.47. The van der Waals surface area contributed by atoms with E-state index in [4.69, 9.17) is 9.15 Å². The zero-order valence-corrected chi connectivity index (χ0v) is 14.5. The van der Waals surface area contributed by atoms with Crippen LogP contribution in [0.25, 0.3) is 34.2 Å². The number of furan rings is 1. The van der Waals surface area contributed by atoms with Crippen LogP contribution in [-0.2, 0) is 0 Å². The van der Waals surface area contributed by atoms with Crippen molar-refractivity contribution in [1.29, 1.82) is 0 Å². The molecule has 0 amide bonds. The molecule has 5 heteroatoms. The number of imidazole rings is 1. The minimum absolute atomic E-state index is 0.237. The molecule has 0 unspecified atom stereocenters. The molecule has 130 valence electrons. The number of nitrogens with one attached hydrogen (secondary N) is 1. The fourth-order valence-electron chi connectivity index (χ4n) is 2.86. The summed E-state index contributed by atoms with van der Waals surface area (Å²) in [6.45, 7) is 1.94. The van der Waals surface area contributed by atoms with Crippen LogP contribution in [0.5, 0.6) is 11.5 Å². The highest BCUT2D eigenvalue weighted by atomic mass is 16.5. The zero-order chi connectivity index (χ0) is 18.1. The summed E-state index contributed by atoms with van der Waals surface area (Å²) in [5, 5.41) is 9.45. The second-order valence-electron chi connectivity index (χ2n) is 5.99. The molecule has 0 aliphatic carbocycles. The van der Waals surface area contributed by atoms with Crippen molar-refractivity contribution in [2.45, 2.75) is 6.92 Å². The number of aryl methyl sites for hydroxylation is 1. The number of phenolic OH excluding ortho intramolecular Hbond substituents is 1. The number of hydrogen-bond donors (Lipinski definition) is 2. The lowest BCUT2D eigenvalue weighted by Gasteiger charge is -2.00. The molecule has 0 atom stereocenters. The summed E-state index contributed by atoms with van der Waals surface area (Å²) in [7, 11) is 1.64. The van der Waals surface area contributed by atoms with Crippen molar-refractivity contribution < 1.29 is 14.3 Å². The van der Waals surface area contributed by atoms with Gasteiger partial charge >= 0.3 is 0 Å². The first-order valence-corrected chi connectivity index (χ1v) is 8.24. The number of methoxy groups -OCH3 is 1. The number of H-pyrrole nitrogens is 1. The second-order valence-corrected chi connectivity index (χ2v) is 5.99. The van der Waals surface area contributed by atoms with Crippen LogP contribution in [0.1, 0.15) is 5.69 Å².